The lowest BCUT2D eigenvalue weighted by Crippen LogP contribution is -2.36. The van der Waals surface area contributed by atoms with Crippen LogP contribution < -0.4 is 0 Å². The summed E-state index contributed by atoms with van der Waals surface area (Å²) in [5, 5.41) is 0. The quantitative estimate of drug-likeness (QED) is 0.802. The van der Waals surface area contributed by atoms with E-state index in [0.717, 1.165) is 38.0 Å². The van der Waals surface area contributed by atoms with Crippen molar-refractivity contribution in [1.82, 2.24) is 9.88 Å². The molecule has 110 valence electrons. The van der Waals surface area contributed by atoms with Gasteiger partial charge < -0.3 is 9.64 Å². The molecule has 4 nitrogen and oxygen atoms in total. The van der Waals surface area contributed by atoms with Crippen molar-refractivity contribution in [3.05, 3.63) is 30.1 Å². The van der Waals surface area contributed by atoms with E-state index in [1.54, 1.807) is 12.4 Å². The molecule has 4 heteroatoms. The summed E-state index contributed by atoms with van der Waals surface area (Å²) in [5.74, 6) is 0.197. The molecule has 0 bridgehead atoms. The zero-order valence-electron chi connectivity index (χ0n) is 12.4. The molecule has 2 rings (SSSR count). The van der Waals surface area contributed by atoms with Gasteiger partial charge in [-0.05, 0) is 43.9 Å². The summed E-state index contributed by atoms with van der Waals surface area (Å²) in [6.45, 7) is 5.68. The molecule has 1 amide bonds. The highest BCUT2D eigenvalue weighted by atomic mass is 16.5. The molecule has 0 aromatic carbocycles. The van der Waals surface area contributed by atoms with Crippen molar-refractivity contribution in [1.29, 1.82) is 0 Å². The molecule has 0 N–H and O–H groups in total. The van der Waals surface area contributed by atoms with Crippen molar-refractivity contribution in [2.24, 2.45) is 0 Å². The number of rotatable bonds is 6. The lowest BCUT2D eigenvalue weighted by atomic mass is 10.0. The van der Waals surface area contributed by atoms with E-state index in [-0.39, 0.29) is 18.1 Å². The summed E-state index contributed by atoms with van der Waals surface area (Å²) in [4.78, 5) is 18.6. The van der Waals surface area contributed by atoms with E-state index in [0.29, 0.717) is 6.42 Å². The van der Waals surface area contributed by atoms with Gasteiger partial charge in [-0.3, -0.25) is 9.78 Å². The molecule has 20 heavy (non-hydrogen) atoms. The Bertz CT molecular complexity index is 416. The lowest BCUT2D eigenvalue weighted by Gasteiger charge is -2.31. The van der Waals surface area contributed by atoms with Gasteiger partial charge in [0.2, 0.25) is 5.91 Å². The van der Waals surface area contributed by atoms with E-state index in [4.69, 9.17) is 4.74 Å². The molecule has 2 atom stereocenters. The Morgan fingerprint density at radius 1 is 1.45 bits per heavy atom. The molecule has 2 heterocycles. The van der Waals surface area contributed by atoms with Crippen molar-refractivity contribution >= 4 is 5.91 Å². The van der Waals surface area contributed by atoms with Crippen LogP contribution in [0.4, 0.5) is 0 Å². The minimum Gasteiger partial charge on any atom is -0.378 e. The Morgan fingerprint density at radius 2 is 2.20 bits per heavy atom. The normalized spacial score (nSPS) is 19.8. The Balaban J connectivity index is 2.06. The van der Waals surface area contributed by atoms with Gasteiger partial charge in [0.25, 0.3) is 0 Å². The number of hydrogen-bond acceptors (Lipinski definition) is 3. The average Bonchev–Trinajstić information content (AvgIpc) is 2.98. The Labute approximate surface area is 121 Å². The number of amides is 1. The highest BCUT2D eigenvalue weighted by Crippen LogP contribution is 2.26. The largest absolute Gasteiger partial charge is 0.378 e. The van der Waals surface area contributed by atoms with Crippen LogP contribution in [0, 0.1) is 0 Å². The minimum atomic E-state index is 0.117. The van der Waals surface area contributed by atoms with Gasteiger partial charge >= 0.3 is 0 Å². The molecule has 0 aliphatic carbocycles. The zero-order chi connectivity index (χ0) is 14.4. The molecule has 1 fully saturated rings. The van der Waals surface area contributed by atoms with Crippen LogP contribution in [0.15, 0.2) is 24.5 Å². The predicted octanol–water partition coefficient (Wildman–Crippen LogP) is 2.95. The molecule has 0 saturated carbocycles. The van der Waals surface area contributed by atoms with Crippen LogP contribution >= 0.6 is 0 Å². The molecule has 1 aliphatic heterocycles. The molecule has 1 aromatic heterocycles. The summed E-state index contributed by atoms with van der Waals surface area (Å²) in [5.41, 5.74) is 1.16. The second kappa shape index (κ2) is 7.39. The molecule has 1 aromatic rings. The summed E-state index contributed by atoms with van der Waals surface area (Å²) in [6, 6.07) is 4.13. The van der Waals surface area contributed by atoms with Crippen LogP contribution in [-0.2, 0) is 9.53 Å². The van der Waals surface area contributed by atoms with E-state index in [9.17, 15) is 4.79 Å². The molecular weight excluding hydrogens is 252 g/mol. The average molecular weight is 276 g/mol. The van der Waals surface area contributed by atoms with E-state index in [1.165, 1.54) is 0 Å². The van der Waals surface area contributed by atoms with E-state index in [2.05, 4.69) is 11.9 Å². The van der Waals surface area contributed by atoms with E-state index in [1.807, 2.05) is 24.0 Å². The van der Waals surface area contributed by atoms with Gasteiger partial charge in [0.05, 0.1) is 18.6 Å². The van der Waals surface area contributed by atoms with Gasteiger partial charge in [-0.2, -0.15) is 0 Å². The van der Waals surface area contributed by atoms with Gasteiger partial charge in [-0.25, -0.2) is 0 Å². The number of carbonyl (C=O) groups excluding carboxylic acids is 1. The summed E-state index contributed by atoms with van der Waals surface area (Å²) < 4.78 is 5.58. The van der Waals surface area contributed by atoms with Gasteiger partial charge in [0.1, 0.15) is 0 Å². The van der Waals surface area contributed by atoms with Crippen LogP contribution in [0.25, 0.3) is 0 Å². The first-order chi connectivity index (χ1) is 9.76. The topological polar surface area (TPSA) is 42.4 Å². The van der Waals surface area contributed by atoms with Crippen molar-refractivity contribution in [2.45, 2.75) is 51.7 Å². The van der Waals surface area contributed by atoms with E-state index < -0.39 is 0 Å². The number of aromatic nitrogens is 1. The number of hydrogen-bond donors (Lipinski definition) is 0. The van der Waals surface area contributed by atoms with Crippen molar-refractivity contribution in [3.8, 4) is 0 Å². The third-order valence-corrected chi connectivity index (χ3v) is 3.94. The standard InChI is InChI=1S/C16H24N2O2/c1-3-15(13-7-9-17-10-8-13)18(4-2)16(19)12-14-6-5-11-20-14/h7-10,14-15H,3-6,11-12H2,1-2H3. The van der Waals surface area contributed by atoms with Crippen LogP contribution in [0.5, 0.6) is 0 Å². The maximum Gasteiger partial charge on any atom is 0.225 e. The maximum atomic E-state index is 12.5. The molecule has 2 unspecified atom stereocenters. The summed E-state index contributed by atoms with van der Waals surface area (Å²) >= 11 is 0. The van der Waals surface area contributed by atoms with Gasteiger partial charge in [0.15, 0.2) is 0 Å². The number of carbonyl (C=O) groups is 1. The number of nitrogens with zero attached hydrogens (tertiary/aromatic N) is 2. The monoisotopic (exact) mass is 276 g/mol. The zero-order valence-corrected chi connectivity index (χ0v) is 12.4. The minimum absolute atomic E-state index is 0.117. The Morgan fingerprint density at radius 3 is 2.75 bits per heavy atom. The van der Waals surface area contributed by atoms with Crippen LogP contribution in [0.1, 0.15) is 51.1 Å². The first kappa shape index (κ1) is 15.0. The second-order valence-electron chi connectivity index (χ2n) is 5.22. The molecule has 0 radical (unpaired) electrons. The lowest BCUT2D eigenvalue weighted by molar-refractivity contribution is -0.135. The van der Waals surface area contributed by atoms with Gasteiger partial charge in [0, 0.05) is 25.5 Å². The van der Waals surface area contributed by atoms with Gasteiger partial charge in [-0.1, -0.05) is 6.92 Å². The van der Waals surface area contributed by atoms with Crippen molar-refractivity contribution in [2.75, 3.05) is 13.2 Å². The maximum absolute atomic E-state index is 12.5. The van der Waals surface area contributed by atoms with Crippen molar-refractivity contribution in [3.63, 3.8) is 0 Å². The SMILES string of the molecule is CCC(c1ccncc1)N(CC)C(=O)CC1CCCO1. The highest BCUT2D eigenvalue weighted by Gasteiger charge is 2.26. The molecular formula is C16H24N2O2. The first-order valence-corrected chi connectivity index (χ1v) is 7.57. The van der Waals surface area contributed by atoms with Crippen LogP contribution in [0.2, 0.25) is 0 Å². The fourth-order valence-electron chi connectivity index (χ4n) is 2.91. The molecule has 0 spiro atoms. The summed E-state index contributed by atoms with van der Waals surface area (Å²) in [7, 11) is 0. The third kappa shape index (κ3) is 3.57. The second-order valence-corrected chi connectivity index (χ2v) is 5.22. The smallest absolute Gasteiger partial charge is 0.225 e. The molecule has 1 saturated heterocycles. The third-order valence-electron chi connectivity index (χ3n) is 3.94. The molecule has 1 aliphatic rings. The van der Waals surface area contributed by atoms with Crippen molar-refractivity contribution < 1.29 is 9.53 Å². The summed E-state index contributed by atoms with van der Waals surface area (Å²) in [6.07, 6.45) is 7.20. The Hall–Kier alpha value is -1.42. The fourth-order valence-corrected chi connectivity index (χ4v) is 2.91. The first-order valence-electron chi connectivity index (χ1n) is 7.57. The van der Waals surface area contributed by atoms with Crippen LogP contribution in [0.3, 0.4) is 0 Å². The highest BCUT2D eigenvalue weighted by molar-refractivity contribution is 5.77. The number of pyridine rings is 1. The Kier molecular flexibility index (Phi) is 5.53. The fraction of sp³-hybridized carbons (Fsp3) is 0.625. The van der Waals surface area contributed by atoms with Crippen LogP contribution in [-0.4, -0.2) is 35.0 Å². The predicted molar refractivity (Wildman–Crippen MR) is 78.2 cm³/mol. The number of ether oxygens (including phenoxy) is 1. The van der Waals surface area contributed by atoms with Gasteiger partial charge in [-0.15, -0.1) is 0 Å². The van der Waals surface area contributed by atoms with E-state index >= 15 is 0 Å².